The molecule has 2 aromatic rings. The normalized spacial score (nSPS) is 11.8. The fraction of sp³-hybridized carbons (Fsp3) is 0.364. The van der Waals surface area contributed by atoms with Crippen LogP contribution in [-0.2, 0) is 19.8 Å². The molecule has 108 valence electrons. The second kappa shape index (κ2) is 4.89. The molecule has 20 heavy (non-hydrogen) atoms. The monoisotopic (exact) mass is 305 g/mol. The topological polar surface area (TPSA) is 56.9 Å². The second-order valence-corrected chi connectivity index (χ2v) is 5.16. The third-order valence-electron chi connectivity index (χ3n) is 2.64. The molecule has 2 aromatic heterocycles. The molecular formula is C11H10F3N3O2S. The molecule has 5 nitrogen and oxygen atoms in total. The second-order valence-electron chi connectivity index (χ2n) is 4.22. The SMILES string of the molecule is Cc1cn(C)c(=O)n(Cc2nc(C(F)(F)F)cs2)c1=O. The van der Waals surface area contributed by atoms with Crippen LogP contribution < -0.4 is 11.2 Å². The molecule has 0 aliphatic carbocycles. The average molecular weight is 305 g/mol. The number of aromatic nitrogens is 3. The quantitative estimate of drug-likeness (QED) is 0.842. The summed E-state index contributed by atoms with van der Waals surface area (Å²) in [6, 6.07) is 0. The van der Waals surface area contributed by atoms with Crippen LogP contribution in [0.4, 0.5) is 13.2 Å². The Labute approximate surface area is 114 Å². The Morgan fingerprint density at radius 1 is 1.35 bits per heavy atom. The number of thiazole rings is 1. The number of halogens is 3. The van der Waals surface area contributed by atoms with Gasteiger partial charge in [0.1, 0.15) is 5.01 Å². The van der Waals surface area contributed by atoms with E-state index in [2.05, 4.69) is 4.98 Å². The van der Waals surface area contributed by atoms with Gasteiger partial charge in [0.2, 0.25) is 0 Å². The summed E-state index contributed by atoms with van der Waals surface area (Å²) in [7, 11) is 1.47. The number of hydrogen-bond acceptors (Lipinski definition) is 4. The highest BCUT2D eigenvalue weighted by atomic mass is 32.1. The number of alkyl halides is 3. The van der Waals surface area contributed by atoms with Crippen LogP contribution in [0.5, 0.6) is 0 Å². The van der Waals surface area contributed by atoms with Gasteiger partial charge in [0, 0.05) is 24.2 Å². The van der Waals surface area contributed by atoms with Crippen molar-refractivity contribution in [3.63, 3.8) is 0 Å². The van der Waals surface area contributed by atoms with Crippen LogP contribution in [-0.4, -0.2) is 14.1 Å². The van der Waals surface area contributed by atoms with E-state index in [0.29, 0.717) is 5.56 Å². The smallest absolute Gasteiger partial charge is 0.303 e. The first kappa shape index (κ1) is 14.5. The maximum atomic E-state index is 12.4. The Balaban J connectivity index is 2.44. The van der Waals surface area contributed by atoms with E-state index in [1.807, 2.05) is 0 Å². The van der Waals surface area contributed by atoms with Gasteiger partial charge in [-0.1, -0.05) is 0 Å². The first-order valence-electron chi connectivity index (χ1n) is 5.49. The summed E-state index contributed by atoms with van der Waals surface area (Å²) in [5, 5.41) is 0.919. The van der Waals surface area contributed by atoms with E-state index in [1.165, 1.54) is 24.7 Å². The van der Waals surface area contributed by atoms with Gasteiger partial charge in [0.15, 0.2) is 5.69 Å². The Morgan fingerprint density at radius 2 is 2.00 bits per heavy atom. The van der Waals surface area contributed by atoms with Crippen LogP contribution >= 0.6 is 11.3 Å². The van der Waals surface area contributed by atoms with Crippen LogP contribution in [0.2, 0.25) is 0 Å². The van der Waals surface area contributed by atoms with Gasteiger partial charge in [-0.2, -0.15) is 13.2 Å². The minimum Gasteiger partial charge on any atom is -0.303 e. The predicted octanol–water partition coefficient (Wildman–Crippen LogP) is 1.38. The van der Waals surface area contributed by atoms with Gasteiger partial charge in [-0.05, 0) is 6.92 Å². The van der Waals surface area contributed by atoms with Crippen molar-refractivity contribution in [2.24, 2.45) is 7.05 Å². The lowest BCUT2D eigenvalue weighted by Gasteiger charge is -2.06. The van der Waals surface area contributed by atoms with Gasteiger partial charge in [-0.25, -0.2) is 9.78 Å². The van der Waals surface area contributed by atoms with E-state index in [0.717, 1.165) is 21.3 Å². The van der Waals surface area contributed by atoms with Crippen molar-refractivity contribution in [3.8, 4) is 0 Å². The Kier molecular flexibility index (Phi) is 3.55. The summed E-state index contributed by atoms with van der Waals surface area (Å²) in [6.45, 7) is 1.26. The molecule has 0 spiro atoms. The minimum atomic E-state index is -4.53. The van der Waals surface area contributed by atoms with E-state index in [4.69, 9.17) is 0 Å². The molecule has 0 N–H and O–H groups in total. The lowest BCUT2D eigenvalue weighted by molar-refractivity contribution is -0.140. The highest BCUT2D eigenvalue weighted by Gasteiger charge is 2.33. The van der Waals surface area contributed by atoms with Crippen molar-refractivity contribution < 1.29 is 13.2 Å². The van der Waals surface area contributed by atoms with Crippen LogP contribution in [0.3, 0.4) is 0 Å². The van der Waals surface area contributed by atoms with Gasteiger partial charge in [0.05, 0.1) is 6.54 Å². The summed E-state index contributed by atoms with van der Waals surface area (Å²) in [5.41, 5.74) is -1.81. The molecule has 0 aliphatic rings. The number of hydrogen-bond donors (Lipinski definition) is 0. The van der Waals surface area contributed by atoms with Crippen molar-refractivity contribution >= 4 is 11.3 Å². The predicted molar refractivity (Wildman–Crippen MR) is 66.9 cm³/mol. The molecule has 0 aromatic carbocycles. The zero-order valence-electron chi connectivity index (χ0n) is 10.6. The van der Waals surface area contributed by atoms with Gasteiger partial charge < -0.3 is 4.57 Å². The molecule has 0 amide bonds. The molecule has 2 rings (SSSR count). The van der Waals surface area contributed by atoms with E-state index in [9.17, 15) is 22.8 Å². The molecule has 0 saturated heterocycles. The summed E-state index contributed by atoms with van der Waals surface area (Å²) in [4.78, 5) is 27.1. The molecule has 2 heterocycles. The van der Waals surface area contributed by atoms with Crippen LogP contribution in [0.25, 0.3) is 0 Å². The summed E-state index contributed by atoms with van der Waals surface area (Å²) in [6.07, 6.45) is -3.15. The molecule has 9 heteroatoms. The first-order chi connectivity index (χ1) is 9.20. The van der Waals surface area contributed by atoms with E-state index in [1.54, 1.807) is 0 Å². The first-order valence-corrected chi connectivity index (χ1v) is 6.37. The summed E-state index contributed by atoms with van der Waals surface area (Å²) < 4.78 is 39.4. The molecule has 0 fully saturated rings. The highest BCUT2D eigenvalue weighted by Crippen LogP contribution is 2.29. The standard InChI is InChI=1S/C11H10F3N3O2S/c1-6-3-16(2)10(19)17(9(6)18)4-8-15-7(5-20-8)11(12,13)14/h3,5H,4H2,1-2H3. The maximum Gasteiger partial charge on any atom is 0.434 e. The van der Waals surface area contributed by atoms with Crippen LogP contribution in [0.1, 0.15) is 16.3 Å². The molecule has 0 radical (unpaired) electrons. The summed E-state index contributed by atoms with van der Waals surface area (Å²) in [5.74, 6) is 0. The zero-order valence-corrected chi connectivity index (χ0v) is 11.4. The number of rotatable bonds is 2. The third kappa shape index (κ3) is 2.67. The fourth-order valence-corrected chi connectivity index (χ4v) is 2.47. The van der Waals surface area contributed by atoms with Gasteiger partial charge in [-0.3, -0.25) is 9.36 Å². The van der Waals surface area contributed by atoms with Gasteiger partial charge in [0.25, 0.3) is 5.56 Å². The Hall–Kier alpha value is -1.90. The Morgan fingerprint density at radius 3 is 2.55 bits per heavy atom. The lowest BCUT2D eigenvalue weighted by atomic mass is 10.4. The Bertz CT molecular complexity index is 723. The van der Waals surface area contributed by atoms with Crippen molar-refractivity contribution in [1.82, 2.24) is 14.1 Å². The average Bonchev–Trinajstić information content (AvgIpc) is 2.80. The zero-order chi connectivity index (χ0) is 15.1. The van der Waals surface area contributed by atoms with Gasteiger partial charge >= 0.3 is 11.9 Å². The molecule has 0 bridgehead atoms. The molecule has 0 atom stereocenters. The van der Waals surface area contributed by atoms with Crippen molar-refractivity contribution in [2.45, 2.75) is 19.6 Å². The molecule has 0 saturated carbocycles. The fourth-order valence-electron chi connectivity index (χ4n) is 1.68. The van der Waals surface area contributed by atoms with Crippen molar-refractivity contribution in [2.75, 3.05) is 0 Å². The summed E-state index contributed by atoms with van der Waals surface area (Å²) >= 11 is 0.761. The van der Waals surface area contributed by atoms with Crippen LogP contribution in [0, 0.1) is 6.92 Å². The lowest BCUT2D eigenvalue weighted by Crippen LogP contribution is -2.39. The molecular weight excluding hydrogens is 295 g/mol. The van der Waals surface area contributed by atoms with Crippen LogP contribution in [0.15, 0.2) is 21.2 Å². The van der Waals surface area contributed by atoms with E-state index >= 15 is 0 Å². The van der Waals surface area contributed by atoms with E-state index < -0.39 is 23.1 Å². The maximum absolute atomic E-state index is 12.4. The van der Waals surface area contributed by atoms with Crippen molar-refractivity contribution in [3.05, 3.63) is 48.7 Å². The highest BCUT2D eigenvalue weighted by molar-refractivity contribution is 7.09. The number of nitrogens with zero attached hydrogens (tertiary/aromatic N) is 3. The third-order valence-corrected chi connectivity index (χ3v) is 3.47. The number of aryl methyl sites for hydroxylation is 2. The van der Waals surface area contributed by atoms with Crippen molar-refractivity contribution in [1.29, 1.82) is 0 Å². The molecule has 0 aliphatic heterocycles. The minimum absolute atomic E-state index is 0.0575. The van der Waals surface area contributed by atoms with Gasteiger partial charge in [-0.15, -0.1) is 11.3 Å². The largest absolute Gasteiger partial charge is 0.434 e. The van der Waals surface area contributed by atoms with E-state index in [-0.39, 0.29) is 11.6 Å². The molecule has 0 unspecified atom stereocenters.